The van der Waals surface area contributed by atoms with Crippen molar-refractivity contribution in [1.82, 2.24) is 9.80 Å². The molecular weight excluding hydrogens is 288 g/mol. The molecule has 3 N–H and O–H groups in total. The molecule has 0 aliphatic carbocycles. The summed E-state index contributed by atoms with van der Waals surface area (Å²) in [4.78, 5) is 16.5. The first-order valence-electron chi connectivity index (χ1n) is 7.19. The van der Waals surface area contributed by atoms with Gasteiger partial charge in [-0.25, -0.2) is 0 Å². The number of nitrogens with two attached hydrogens (primary N) is 1. The third-order valence-electron chi connectivity index (χ3n) is 3.90. The van der Waals surface area contributed by atoms with E-state index in [9.17, 15) is 4.79 Å². The van der Waals surface area contributed by atoms with Crippen LogP contribution in [0.5, 0.6) is 0 Å². The molecule has 1 amide bonds. The number of nitrogens with zero attached hydrogens (tertiary/aromatic N) is 2. The summed E-state index contributed by atoms with van der Waals surface area (Å²) in [6.07, 6.45) is 2.32. The monoisotopic (exact) mass is 310 g/mol. The Morgan fingerprint density at radius 1 is 1.57 bits per heavy atom. The van der Waals surface area contributed by atoms with Crippen molar-refractivity contribution in [2.45, 2.75) is 18.9 Å². The second kappa shape index (κ2) is 7.11. The molecule has 0 radical (unpaired) electrons. The number of anilines is 2. The first kappa shape index (κ1) is 16.1. The number of carbonyl (C=O) groups excluding carboxylic acids is 1. The summed E-state index contributed by atoms with van der Waals surface area (Å²) >= 11 is 5.87. The lowest BCUT2D eigenvalue weighted by atomic mass is 10.1. The van der Waals surface area contributed by atoms with E-state index in [-0.39, 0.29) is 5.91 Å². The van der Waals surface area contributed by atoms with E-state index in [1.807, 2.05) is 7.05 Å². The van der Waals surface area contributed by atoms with Crippen molar-refractivity contribution in [3.63, 3.8) is 0 Å². The summed E-state index contributed by atoms with van der Waals surface area (Å²) in [6, 6.07) is 5.55. The van der Waals surface area contributed by atoms with Crippen molar-refractivity contribution in [2.24, 2.45) is 0 Å². The van der Waals surface area contributed by atoms with Gasteiger partial charge < -0.3 is 16.0 Å². The highest BCUT2D eigenvalue weighted by Gasteiger charge is 2.22. The van der Waals surface area contributed by atoms with Crippen LogP contribution in [0.15, 0.2) is 18.2 Å². The standard InChI is InChI=1S/C15H23ClN4O/c1-19-7-3-4-12(9-19)20(2)10-15(21)18-11-5-6-13(16)14(17)8-11/h5-6,8,12H,3-4,7,9-10,17H2,1-2H3,(H,18,21). The molecule has 5 nitrogen and oxygen atoms in total. The zero-order chi connectivity index (χ0) is 15.4. The van der Waals surface area contributed by atoms with Crippen molar-refractivity contribution in [3.05, 3.63) is 23.2 Å². The molecule has 1 unspecified atom stereocenters. The second-order valence-electron chi connectivity index (χ2n) is 5.76. The molecular formula is C15H23ClN4O. The fraction of sp³-hybridized carbons (Fsp3) is 0.533. The minimum atomic E-state index is -0.0348. The molecule has 1 aromatic rings. The van der Waals surface area contributed by atoms with Crippen LogP contribution >= 0.6 is 11.6 Å². The van der Waals surface area contributed by atoms with Crippen molar-refractivity contribution in [2.75, 3.05) is 44.8 Å². The molecule has 1 saturated heterocycles. The first-order valence-corrected chi connectivity index (χ1v) is 7.57. The number of hydrogen-bond donors (Lipinski definition) is 2. The van der Waals surface area contributed by atoms with Gasteiger partial charge in [0.15, 0.2) is 0 Å². The molecule has 0 aromatic heterocycles. The number of likely N-dealkylation sites (tertiary alicyclic amines) is 1. The fourth-order valence-electron chi connectivity index (χ4n) is 2.68. The van der Waals surface area contributed by atoms with Gasteiger partial charge in [0.05, 0.1) is 17.3 Å². The molecule has 1 aliphatic heterocycles. The van der Waals surface area contributed by atoms with Crippen molar-refractivity contribution in [1.29, 1.82) is 0 Å². The highest BCUT2D eigenvalue weighted by atomic mass is 35.5. The fourth-order valence-corrected chi connectivity index (χ4v) is 2.79. The summed E-state index contributed by atoms with van der Waals surface area (Å²) in [7, 11) is 4.12. The average Bonchev–Trinajstić information content (AvgIpc) is 2.43. The van der Waals surface area contributed by atoms with Crippen LogP contribution in [0.25, 0.3) is 0 Å². The molecule has 1 aliphatic rings. The number of benzene rings is 1. The van der Waals surface area contributed by atoms with Gasteiger partial charge in [0.25, 0.3) is 0 Å². The predicted molar refractivity (Wildman–Crippen MR) is 87.6 cm³/mol. The maximum absolute atomic E-state index is 12.1. The predicted octanol–water partition coefficient (Wildman–Crippen LogP) is 1.89. The Labute approximate surface area is 131 Å². The largest absolute Gasteiger partial charge is 0.397 e. The molecule has 21 heavy (non-hydrogen) atoms. The molecule has 1 heterocycles. The summed E-state index contributed by atoms with van der Waals surface area (Å²) < 4.78 is 0. The number of carbonyl (C=O) groups is 1. The van der Waals surface area contributed by atoms with Crippen LogP contribution in [0.3, 0.4) is 0 Å². The van der Waals surface area contributed by atoms with Crippen LogP contribution in [-0.4, -0.2) is 55.5 Å². The van der Waals surface area contributed by atoms with Crippen LogP contribution in [0.2, 0.25) is 5.02 Å². The van der Waals surface area contributed by atoms with Crippen LogP contribution in [-0.2, 0) is 4.79 Å². The van der Waals surface area contributed by atoms with E-state index in [0.717, 1.165) is 19.5 Å². The Balaban J connectivity index is 1.87. The maximum atomic E-state index is 12.1. The van der Waals surface area contributed by atoms with Crippen LogP contribution in [0.4, 0.5) is 11.4 Å². The first-order chi connectivity index (χ1) is 9.95. The Kier molecular flexibility index (Phi) is 5.45. The Morgan fingerprint density at radius 2 is 2.33 bits per heavy atom. The number of halogens is 1. The van der Waals surface area contributed by atoms with Crippen molar-refractivity contribution < 1.29 is 4.79 Å². The molecule has 1 aromatic carbocycles. The lowest BCUT2D eigenvalue weighted by Gasteiger charge is -2.35. The molecule has 1 atom stereocenters. The third kappa shape index (κ3) is 4.59. The van der Waals surface area contributed by atoms with E-state index in [4.69, 9.17) is 17.3 Å². The SMILES string of the molecule is CN1CCCC(N(C)CC(=O)Nc2ccc(Cl)c(N)c2)C1. The smallest absolute Gasteiger partial charge is 0.238 e. The minimum absolute atomic E-state index is 0.0348. The van der Waals surface area contributed by atoms with Crippen LogP contribution in [0, 0.1) is 0 Å². The molecule has 6 heteroatoms. The number of amides is 1. The lowest BCUT2D eigenvalue weighted by molar-refractivity contribution is -0.117. The third-order valence-corrected chi connectivity index (χ3v) is 4.24. The number of rotatable bonds is 4. The summed E-state index contributed by atoms with van der Waals surface area (Å²) in [5.74, 6) is -0.0348. The van der Waals surface area contributed by atoms with E-state index >= 15 is 0 Å². The molecule has 0 saturated carbocycles. The Bertz CT molecular complexity index is 508. The van der Waals surface area contributed by atoms with Crippen LogP contribution < -0.4 is 11.1 Å². The van der Waals surface area contributed by atoms with Gasteiger partial charge in [-0.1, -0.05) is 11.6 Å². The van der Waals surface area contributed by atoms with E-state index in [2.05, 4.69) is 22.2 Å². The average molecular weight is 311 g/mol. The van der Waals surface area contributed by atoms with Gasteiger partial charge in [-0.3, -0.25) is 9.69 Å². The minimum Gasteiger partial charge on any atom is -0.397 e. The summed E-state index contributed by atoms with van der Waals surface area (Å²) in [6.45, 7) is 2.53. The van der Waals surface area contributed by atoms with E-state index < -0.39 is 0 Å². The van der Waals surface area contributed by atoms with Gasteiger partial charge in [-0.05, 0) is 51.7 Å². The van der Waals surface area contributed by atoms with E-state index in [0.29, 0.717) is 29.0 Å². The number of piperidine rings is 1. The number of nitrogens with one attached hydrogen (secondary N) is 1. The maximum Gasteiger partial charge on any atom is 0.238 e. The molecule has 1 fully saturated rings. The molecule has 0 spiro atoms. The van der Waals surface area contributed by atoms with Gasteiger partial charge in [-0.2, -0.15) is 0 Å². The van der Waals surface area contributed by atoms with Gasteiger partial charge in [-0.15, -0.1) is 0 Å². The quantitative estimate of drug-likeness (QED) is 0.834. The summed E-state index contributed by atoms with van der Waals surface area (Å²) in [5.41, 5.74) is 6.88. The Hall–Kier alpha value is -1.30. The lowest BCUT2D eigenvalue weighted by Crippen LogP contribution is -2.47. The molecule has 0 bridgehead atoms. The van der Waals surface area contributed by atoms with Gasteiger partial charge >= 0.3 is 0 Å². The number of hydrogen-bond acceptors (Lipinski definition) is 4. The van der Waals surface area contributed by atoms with Crippen LogP contribution in [0.1, 0.15) is 12.8 Å². The van der Waals surface area contributed by atoms with Crippen molar-refractivity contribution in [3.8, 4) is 0 Å². The highest BCUT2D eigenvalue weighted by molar-refractivity contribution is 6.33. The van der Waals surface area contributed by atoms with E-state index in [1.165, 1.54) is 6.42 Å². The van der Waals surface area contributed by atoms with Gasteiger partial charge in [0.1, 0.15) is 0 Å². The second-order valence-corrected chi connectivity index (χ2v) is 6.17. The summed E-state index contributed by atoms with van der Waals surface area (Å²) in [5, 5.41) is 3.35. The number of nitrogen functional groups attached to an aromatic ring is 1. The number of likely N-dealkylation sites (N-methyl/N-ethyl adjacent to an activating group) is 2. The van der Waals surface area contributed by atoms with Crippen molar-refractivity contribution >= 4 is 28.9 Å². The van der Waals surface area contributed by atoms with Gasteiger partial charge in [0, 0.05) is 18.3 Å². The zero-order valence-corrected chi connectivity index (χ0v) is 13.4. The zero-order valence-electron chi connectivity index (χ0n) is 12.6. The Morgan fingerprint density at radius 3 is 3.00 bits per heavy atom. The van der Waals surface area contributed by atoms with Gasteiger partial charge in [0.2, 0.25) is 5.91 Å². The highest BCUT2D eigenvalue weighted by Crippen LogP contribution is 2.22. The molecule has 2 rings (SSSR count). The van der Waals surface area contributed by atoms with E-state index in [1.54, 1.807) is 18.2 Å². The molecule has 116 valence electrons. The topological polar surface area (TPSA) is 61.6 Å². The normalized spacial score (nSPS) is 19.7.